The number of aliphatic imine (C=N–C) groups is 1. The summed E-state index contributed by atoms with van der Waals surface area (Å²) < 4.78 is 0. The number of aliphatic carboxylic acids is 1. The minimum Gasteiger partial charge on any atom is -0.480 e. The highest BCUT2D eigenvalue weighted by Crippen LogP contribution is 2.30. The van der Waals surface area contributed by atoms with Crippen molar-refractivity contribution in [3.63, 3.8) is 0 Å². The monoisotopic (exact) mass is 360 g/mol. The number of nitrogens with zero attached hydrogens (tertiary/aromatic N) is 1. The second kappa shape index (κ2) is 8.50. The van der Waals surface area contributed by atoms with Crippen LogP contribution in [0.25, 0.3) is 11.1 Å². The van der Waals surface area contributed by atoms with Gasteiger partial charge in [-0.2, -0.15) is 0 Å². The van der Waals surface area contributed by atoms with Crippen LogP contribution in [0.5, 0.6) is 0 Å². The molecule has 0 fully saturated rings. The maximum Gasteiger partial charge on any atom is 0.320 e. The lowest BCUT2D eigenvalue weighted by Gasteiger charge is -2.18. The lowest BCUT2D eigenvalue weighted by Crippen LogP contribution is -2.33. The standard InChI is InChI=1S/C18H21ClN4O2/c19-15-4-2-1-3-14(15)12-7-5-11(6-8-12)13(10-23-18(21)22)9-16(20)17(24)25/h1-8,13,16H,9-10,20H2,(H,24,25)(H4,21,22,23)/t13?,16-/m0/s1. The van der Waals surface area contributed by atoms with Crippen LogP contribution in [0.2, 0.25) is 5.02 Å². The van der Waals surface area contributed by atoms with E-state index < -0.39 is 12.0 Å². The zero-order valence-corrected chi connectivity index (χ0v) is 14.4. The van der Waals surface area contributed by atoms with E-state index in [1.165, 1.54) is 0 Å². The number of carboxylic acids is 1. The summed E-state index contributed by atoms with van der Waals surface area (Å²) in [7, 11) is 0. The van der Waals surface area contributed by atoms with E-state index in [2.05, 4.69) is 4.99 Å². The molecule has 2 aromatic carbocycles. The number of hydrogen-bond donors (Lipinski definition) is 4. The molecule has 2 atom stereocenters. The van der Waals surface area contributed by atoms with Crippen molar-refractivity contribution in [1.82, 2.24) is 0 Å². The predicted octanol–water partition coefficient (Wildman–Crippen LogP) is 2.17. The molecule has 1 unspecified atom stereocenters. The Labute approximate surface area is 151 Å². The third kappa shape index (κ3) is 5.20. The van der Waals surface area contributed by atoms with Crippen molar-refractivity contribution < 1.29 is 9.90 Å². The predicted molar refractivity (Wildman–Crippen MR) is 101 cm³/mol. The van der Waals surface area contributed by atoms with E-state index in [9.17, 15) is 4.79 Å². The number of guanidine groups is 1. The number of benzene rings is 2. The van der Waals surface area contributed by atoms with Crippen molar-refractivity contribution in [2.75, 3.05) is 6.54 Å². The van der Waals surface area contributed by atoms with Gasteiger partial charge in [-0.3, -0.25) is 9.79 Å². The topological polar surface area (TPSA) is 128 Å². The van der Waals surface area contributed by atoms with Gasteiger partial charge in [0, 0.05) is 23.0 Å². The second-order valence-corrected chi connectivity index (χ2v) is 6.15. The highest BCUT2D eigenvalue weighted by Gasteiger charge is 2.20. The molecule has 0 spiro atoms. The van der Waals surface area contributed by atoms with Crippen LogP contribution in [0.1, 0.15) is 17.9 Å². The van der Waals surface area contributed by atoms with E-state index in [1.54, 1.807) is 0 Å². The molecule has 0 amide bonds. The average Bonchev–Trinajstić information content (AvgIpc) is 2.59. The number of halogens is 1. The molecule has 0 bridgehead atoms. The van der Waals surface area contributed by atoms with Crippen LogP contribution in [0.4, 0.5) is 0 Å². The molecule has 0 saturated carbocycles. The van der Waals surface area contributed by atoms with Crippen LogP contribution in [0.15, 0.2) is 53.5 Å². The van der Waals surface area contributed by atoms with E-state index in [1.807, 2.05) is 48.5 Å². The van der Waals surface area contributed by atoms with Gasteiger partial charge in [0.2, 0.25) is 0 Å². The first-order chi connectivity index (χ1) is 11.9. The van der Waals surface area contributed by atoms with Gasteiger partial charge in [-0.15, -0.1) is 0 Å². The molecule has 0 heterocycles. The Bertz CT molecular complexity index is 758. The number of carboxylic acid groups (broad SMARTS) is 1. The van der Waals surface area contributed by atoms with Gasteiger partial charge in [-0.25, -0.2) is 0 Å². The Morgan fingerprint density at radius 2 is 1.76 bits per heavy atom. The van der Waals surface area contributed by atoms with Crippen molar-refractivity contribution in [3.8, 4) is 11.1 Å². The largest absolute Gasteiger partial charge is 0.480 e. The van der Waals surface area contributed by atoms with Crippen molar-refractivity contribution in [2.24, 2.45) is 22.2 Å². The Morgan fingerprint density at radius 1 is 1.12 bits per heavy atom. The molecule has 0 aromatic heterocycles. The molecule has 0 radical (unpaired) electrons. The summed E-state index contributed by atoms with van der Waals surface area (Å²) in [4.78, 5) is 15.1. The summed E-state index contributed by atoms with van der Waals surface area (Å²) in [6.45, 7) is 0.273. The van der Waals surface area contributed by atoms with Crippen molar-refractivity contribution in [3.05, 3.63) is 59.1 Å². The summed E-state index contributed by atoms with van der Waals surface area (Å²) >= 11 is 6.22. The third-order valence-electron chi connectivity index (χ3n) is 3.92. The smallest absolute Gasteiger partial charge is 0.320 e. The minimum absolute atomic E-state index is 0.0402. The molecule has 0 saturated heterocycles. The fourth-order valence-corrected chi connectivity index (χ4v) is 2.81. The van der Waals surface area contributed by atoms with E-state index in [4.69, 9.17) is 33.9 Å². The van der Waals surface area contributed by atoms with Gasteiger partial charge in [-0.05, 0) is 23.6 Å². The zero-order valence-electron chi connectivity index (χ0n) is 13.6. The lowest BCUT2D eigenvalue weighted by atomic mass is 9.91. The van der Waals surface area contributed by atoms with Crippen LogP contribution >= 0.6 is 11.6 Å². The van der Waals surface area contributed by atoms with E-state index in [-0.39, 0.29) is 24.8 Å². The number of hydrogen-bond acceptors (Lipinski definition) is 3. The van der Waals surface area contributed by atoms with Gasteiger partial charge in [0.15, 0.2) is 5.96 Å². The molecular weight excluding hydrogens is 340 g/mol. The Hall–Kier alpha value is -2.57. The quantitative estimate of drug-likeness (QED) is 0.444. The van der Waals surface area contributed by atoms with Crippen molar-refractivity contribution in [1.29, 1.82) is 0 Å². The van der Waals surface area contributed by atoms with Crippen LogP contribution in [-0.4, -0.2) is 29.6 Å². The summed E-state index contributed by atoms with van der Waals surface area (Å²) in [6.07, 6.45) is 0.234. The number of nitrogens with two attached hydrogens (primary N) is 3. The van der Waals surface area contributed by atoms with E-state index in [0.29, 0.717) is 5.02 Å². The van der Waals surface area contributed by atoms with Crippen LogP contribution in [0.3, 0.4) is 0 Å². The number of carbonyl (C=O) groups is 1. The molecule has 2 rings (SSSR count). The Morgan fingerprint density at radius 3 is 2.32 bits per heavy atom. The fourth-order valence-electron chi connectivity index (χ4n) is 2.57. The van der Waals surface area contributed by atoms with Crippen LogP contribution in [0, 0.1) is 0 Å². The highest BCUT2D eigenvalue weighted by atomic mass is 35.5. The van der Waals surface area contributed by atoms with Gasteiger partial charge in [-0.1, -0.05) is 54.1 Å². The Kier molecular flexibility index (Phi) is 6.38. The maximum absolute atomic E-state index is 11.1. The first kappa shape index (κ1) is 18.8. The number of rotatable bonds is 7. The summed E-state index contributed by atoms with van der Waals surface area (Å²) in [5.74, 6) is -1.29. The molecule has 7 heteroatoms. The van der Waals surface area contributed by atoms with Gasteiger partial charge in [0.1, 0.15) is 6.04 Å². The summed E-state index contributed by atoms with van der Waals surface area (Å²) in [5, 5.41) is 9.72. The zero-order chi connectivity index (χ0) is 18.4. The van der Waals surface area contributed by atoms with Crippen LogP contribution in [-0.2, 0) is 4.79 Å². The first-order valence-electron chi connectivity index (χ1n) is 7.77. The van der Waals surface area contributed by atoms with Gasteiger partial charge in [0.25, 0.3) is 0 Å². The fraction of sp³-hybridized carbons (Fsp3) is 0.222. The SMILES string of the molecule is NC(N)=NCC(C[C@H](N)C(=O)O)c1ccc(-c2ccccc2Cl)cc1. The average molecular weight is 361 g/mol. The normalized spacial score (nSPS) is 13.0. The molecule has 132 valence electrons. The van der Waals surface area contributed by atoms with Gasteiger partial charge >= 0.3 is 5.97 Å². The molecule has 0 aliphatic heterocycles. The molecular formula is C18H21ClN4O2. The van der Waals surface area contributed by atoms with Crippen molar-refractivity contribution in [2.45, 2.75) is 18.4 Å². The molecule has 6 nitrogen and oxygen atoms in total. The first-order valence-corrected chi connectivity index (χ1v) is 8.15. The molecule has 25 heavy (non-hydrogen) atoms. The van der Waals surface area contributed by atoms with E-state index >= 15 is 0 Å². The molecule has 0 aliphatic carbocycles. The summed E-state index contributed by atoms with van der Waals surface area (Å²) in [5.41, 5.74) is 19.3. The summed E-state index contributed by atoms with van der Waals surface area (Å²) in [6, 6.07) is 14.3. The maximum atomic E-state index is 11.1. The van der Waals surface area contributed by atoms with Gasteiger partial charge in [0.05, 0.1) is 0 Å². The van der Waals surface area contributed by atoms with Gasteiger partial charge < -0.3 is 22.3 Å². The lowest BCUT2D eigenvalue weighted by molar-refractivity contribution is -0.138. The molecule has 2 aromatic rings. The second-order valence-electron chi connectivity index (χ2n) is 5.74. The minimum atomic E-state index is -1.05. The van der Waals surface area contributed by atoms with Crippen LogP contribution < -0.4 is 17.2 Å². The molecule has 0 aliphatic rings. The third-order valence-corrected chi connectivity index (χ3v) is 4.25. The highest BCUT2D eigenvalue weighted by molar-refractivity contribution is 6.33. The van der Waals surface area contributed by atoms with E-state index in [0.717, 1.165) is 16.7 Å². The Balaban J connectivity index is 2.26. The van der Waals surface area contributed by atoms with Crippen molar-refractivity contribution >= 4 is 23.5 Å². The molecule has 7 N–H and O–H groups in total.